The molecule has 0 amide bonds. The summed E-state index contributed by atoms with van der Waals surface area (Å²) in [5.41, 5.74) is 1.72. The first-order valence-electron chi connectivity index (χ1n) is 14.2. The van der Waals surface area contributed by atoms with Crippen LogP contribution in [0.4, 0.5) is 0 Å². The lowest BCUT2D eigenvalue weighted by Gasteiger charge is -2.27. The zero-order chi connectivity index (χ0) is 27.9. The normalized spacial score (nSPS) is 17.1. The molecule has 206 valence electrons. The molecule has 0 radical (unpaired) electrons. The molecule has 2 atom stereocenters. The molecule has 1 aliphatic heterocycles. The molecular weight excluding hydrogens is 558 g/mol. The Bertz CT molecular complexity index is 1940. The zero-order valence-electron chi connectivity index (χ0n) is 22.8. The Balaban J connectivity index is 1.30. The summed E-state index contributed by atoms with van der Waals surface area (Å²) in [6, 6.07) is 46.7. The van der Waals surface area contributed by atoms with Crippen LogP contribution in [0.2, 0.25) is 0 Å². The van der Waals surface area contributed by atoms with Gasteiger partial charge in [0, 0.05) is 16.4 Å². The van der Waals surface area contributed by atoms with Crippen molar-refractivity contribution in [2.75, 3.05) is 13.2 Å². The van der Waals surface area contributed by atoms with E-state index in [0.717, 1.165) is 43.5 Å². The van der Waals surface area contributed by atoms with Crippen LogP contribution in [0.1, 0.15) is 0 Å². The maximum absolute atomic E-state index is 6.82. The third-order valence-electron chi connectivity index (χ3n) is 8.00. The molecule has 4 nitrogen and oxygen atoms in total. The summed E-state index contributed by atoms with van der Waals surface area (Å²) in [7, 11) is -2.48. The third-order valence-corrected chi connectivity index (χ3v) is 12.0. The molecule has 8 rings (SSSR count). The second-order valence-electron chi connectivity index (χ2n) is 10.5. The van der Waals surface area contributed by atoms with Gasteiger partial charge in [-0.15, -0.1) is 0 Å². The summed E-state index contributed by atoms with van der Waals surface area (Å²) in [5, 5.41) is 9.29. The van der Waals surface area contributed by atoms with Gasteiger partial charge >= 0.3 is 8.24 Å². The van der Waals surface area contributed by atoms with Crippen LogP contribution in [0, 0.1) is 0 Å². The van der Waals surface area contributed by atoms with E-state index in [2.05, 4.69) is 133 Å². The highest BCUT2D eigenvalue weighted by atomic mass is 31.1. The lowest BCUT2D eigenvalue weighted by atomic mass is 9.99. The van der Waals surface area contributed by atoms with E-state index >= 15 is 0 Å². The van der Waals surface area contributed by atoms with Gasteiger partial charge in [-0.25, -0.2) is 0 Å². The molecule has 1 saturated heterocycles. The number of benzene rings is 6. The quantitative estimate of drug-likeness (QED) is 0.189. The SMILES string of the molecule is c1ccc(P(c2ccccc2)[C@@H]2COC[C@H]2Op2oc3ccc4ccccc4c3c3c(ccc4ccccc43)o2)cc1. The van der Waals surface area contributed by atoms with Crippen molar-refractivity contribution in [3.63, 3.8) is 0 Å². The van der Waals surface area contributed by atoms with Crippen molar-refractivity contribution in [1.29, 1.82) is 0 Å². The van der Waals surface area contributed by atoms with E-state index in [0.29, 0.717) is 13.2 Å². The predicted molar refractivity (Wildman–Crippen MR) is 175 cm³/mol. The van der Waals surface area contributed by atoms with Crippen LogP contribution < -0.4 is 15.1 Å². The van der Waals surface area contributed by atoms with Gasteiger partial charge in [0.25, 0.3) is 0 Å². The Labute approximate surface area is 245 Å². The minimum absolute atomic E-state index is 0.162. The lowest BCUT2D eigenvalue weighted by Crippen LogP contribution is -2.33. The van der Waals surface area contributed by atoms with Gasteiger partial charge in [0.2, 0.25) is 0 Å². The van der Waals surface area contributed by atoms with Crippen LogP contribution in [0.25, 0.3) is 43.5 Å². The van der Waals surface area contributed by atoms with Gasteiger partial charge in [-0.2, -0.15) is 0 Å². The molecule has 6 aromatic carbocycles. The molecule has 1 aliphatic rings. The van der Waals surface area contributed by atoms with E-state index in [-0.39, 0.29) is 11.8 Å². The Kier molecular flexibility index (Phi) is 6.79. The van der Waals surface area contributed by atoms with E-state index in [4.69, 9.17) is 17.7 Å². The minimum Gasteiger partial charge on any atom is -0.399 e. The summed E-state index contributed by atoms with van der Waals surface area (Å²) in [6.07, 6.45) is -0.173. The highest BCUT2D eigenvalue weighted by Gasteiger charge is 2.38. The highest BCUT2D eigenvalue weighted by molar-refractivity contribution is 7.73. The summed E-state index contributed by atoms with van der Waals surface area (Å²) in [6.45, 7) is 1.13. The van der Waals surface area contributed by atoms with Crippen molar-refractivity contribution in [1.82, 2.24) is 0 Å². The topological polar surface area (TPSA) is 44.7 Å². The second kappa shape index (κ2) is 11.1. The van der Waals surface area contributed by atoms with Crippen LogP contribution in [0.3, 0.4) is 0 Å². The monoisotopic (exact) mass is 586 g/mol. The van der Waals surface area contributed by atoms with Gasteiger partial charge in [-0.1, -0.05) is 121 Å². The molecule has 2 heterocycles. The molecule has 0 aliphatic carbocycles. The number of hydrogen-bond acceptors (Lipinski definition) is 4. The van der Waals surface area contributed by atoms with Gasteiger partial charge < -0.3 is 13.1 Å². The molecule has 6 heteroatoms. The first kappa shape index (κ1) is 25.8. The molecule has 0 unspecified atom stereocenters. The molecule has 0 spiro atoms. The Morgan fingerprint density at radius 2 is 1.05 bits per heavy atom. The van der Waals surface area contributed by atoms with Crippen molar-refractivity contribution >= 4 is 70.3 Å². The fraction of sp³-hybridized carbons (Fsp3) is 0.111. The van der Waals surface area contributed by atoms with Gasteiger partial charge in [-0.3, -0.25) is 4.52 Å². The van der Waals surface area contributed by atoms with Gasteiger partial charge in [0.1, 0.15) is 17.3 Å². The highest BCUT2D eigenvalue weighted by Crippen LogP contribution is 2.46. The predicted octanol–water partition coefficient (Wildman–Crippen LogP) is 8.93. The summed E-state index contributed by atoms with van der Waals surface area (Å²) >= 11 is 0. The minimum atomic E-state index is -1.75. The molecule has 1 fully saturated rings. The average molecular weight is 587 g/mol. The maximum atomic E-state index is 6.82. The largest absolute Gasteiger partial charge is 0.399 e. The smallest absolute Gasteiger partial charge is 0.387 e. The number of ether oxygens (including phenoxy) is 1. The standard InChI is InChI=1S/C36H28O4P2/c1-3-13-27(14-4-1)41(28-15-5-2-6-16-28)34-24-37-23-33(34)40-42-38-31-21-19-25-11-7-9-17-29(25)35(31)36-30-18-10-8-12-26(30)20-22-32(36)39-42/h1-22,33-34H,23-24H2/t33-,34-/m1/s1. The van der Waals surface area contributed by atoms with Gasteiger partial charge in [-0.05, 0) is 52.2 Å². The fourth-order valence-corrected chi connectivity index (χ4v) is 10.1. The Morgan fingerprint density at radius 3 is 1.60 bits per heavy atom. The fourth-order valence-electron chi connectivity index (χ4n) is 6.08. The van der Waals surface area contributed by atoms with Crippen molar-refractivity contribution < 1.29 is 17.7 Å². The number of fused-ring (bicyclic) bond motifs is 7. The molecule has 0 N–H and O–H groups in total. The first-order chi connectivity index (χ1) is 20.8. The molecule has 7 aromatic rings. The van der Waals surface area contributed by atoms with Crippen molar-refractivity contribution in [3.05, 3.63) is 133 Å². The van der Waals surface area contributed by atoms with Crippen LogP contribution in [-0.4, -0.2) is 25.0 Å². The summed E-state index contributed by atoms with van der Waals surface area (Å²) < 4.78 is 26.3. The van der Waals surface area contributed by atoms with E-state index < -0.39 is 16.2 Å². The van der Waals surface area contributed by atoms with Crippen molar-refractivity contribution in [2.45, 2.75) is 11.8 Å². The zero-order valence-corrected chi connectivity index (χ0v) is 24.6. The Morgan fingerprint density at radius 1 is 0.548 bits per heavy atom. The van der Waals surface area contributed by atoms with Crippen molar-refractivity contribution in [2.24, 2.45) is 0 Å². The lowest BCUT2D eigenvalue weighted by molar-refractivity contribution is 0.160. The number of rotatable bonds is 5. The van der Waals surface area contributed by atoms with Crippen LogP contribution in [0.5, 0.6) is 0 Å². The average Bonchev–Trinajstić information content (AvgIpc) is 3.42. The van der Waals surface area contributed by atoms with E-state index in [1.54, 1.807) is 0 Å². The summed E-state index contributed by atoms with van der Waals surface area (Å²) in [4.78, 5) is 0. The molecule has 0 bridgehead atoms. The molecule has 1 aromatic heterocycles. The molecular formula is C36H28O4P2. The second-order valence-corrected chi connectivity index (χ2v) is 14.0. The Hall–Kier alpha value is -3.91. The molecule has 0 saturated carbocycles. The van der Waals surface area contributed by atoms with E-state index in [1.165, 1.54) is 10.6 Å². The molecule has 42 heavy (non-hydrogen) atoms. The first-order valence-corrected chi connectivity index (χ1v) is 16.7. The van der Waals surface area contributed by atoms with E-state index in [1.807, 2.05) is 0 Å². The van der Waals surface area contributed by atoms with Crippen molar-refractivity contribution in [3.8, 4) is 0 Å². The number of hydrogen-bond donors (Lipinski definition) is 0. The maximum Gasteiger partial charge on any atom is 0.387 e. The van der Waals surface area contributed by atoms with E-state index in [9.17, 15) is 0 Å². The summed E-state index contributed by atoms with van der Waals surface area (Å²) in [5.74, 6) is 0. The third kappa shape index (κ3) is 4.62. The van der Waals surface area contributed by atoms with Gasteiger partial charge in [0.05, 0.1) is 13.2 Å². The van der Waals surface area contributed by atoms with Crippen LogP contribution >= 0.6 is 16.2 Å². The van der Waals surface area contributed by atoms with Crippen LogP contribution in [0.15, 0.2) is 142 Å². The van der Waals surface area contributed by atoms with Crippen LogP contribution in [-0.2, 0) is 4.74 Å². The van der Waals surface area contributed by atoms with Gasteiger partial charge in [0.15, 0.2) is 0 Å².